The Hall–Kier alpha value is -2.27. The van der Waals surface area contributed by atoms with Gasteiger partial charge in [0.25, 0.3) is 0 Å². The van der Waals surface area contributed by atoms with E-state index in [1.54, 1.807) is 0 Å². The van der Waals surface area contributed by atoms with Crippen molar-refractivity contribution in [2.45, 2.75) is 19.4 Å². The molecule has 2 fully saturated rings. The lowest BCUT2D eigenvalue weighted by molar-refractivity contribution is 0.108. The topological polar surface area (TPSA) is 57.0 Å². The number of nitriles is 1. The predicted octanol–water partition coefficient (Wildman–Crippen LogP) is 2.60. The van der Waals surface area contributed by atoms with Crippen LogP contribution >= 0.6 is 0 Å². The minimum absolute atomic E-state index is 0.243. The van der Waals surface area contributed by atoms with Gasteiger partial charge in [-0.2, -0.15) is 5.26 Å². The molecule has 1 N–H and O–H groups in total. The highest BCUT2D eigenvalue weighted by atomic mass is 16.3. The molecule has 0 radical (unpaired) electrons. The fraction of sp³-hybridized carbons (Fsp3) is 0.536. The number of hydrogen-bond acceptors (Lipinski definition) is 6. The second kappa shape index (κ2) is 12.4. The summed E-state index contributed by atoms with van der Waals surface area (Å²) in [5, 5.41) is 18.9. The monoisotopic (exact) mass is 461 g/mol. The Morgan fingerprint density at radius 3 is 2.29 bits per heavy atom. The summed E-state index contributed by atoms with van der Waals surface area (Å²) in [5.74, 6) is 0. The Morgan fingerprint density at radius 2 is 1.56 bits per heavy atom. The smallest absolute Gasteiger partial charge is 0.0950 e. The van der Waals surface area contributed by atoms with Gasteiger partial charge in [0.1, 0.15) is 0 Å². The number of nitrogens with zero attached hydrogens (tertiary/aromatic N) is 5. The SMILES string of the molecule is CN1CCCN(CC2=CC=C(c3ccc(CN4CCN(CCO)CC4)cc3)CC(C#N)=C2)CC1. The van der Waals surface area contributed by atoms with E-state index in [2.05, 4.69) is 75.2 Å². The molecule has 1 aromatic rings. The van der Waals surface area contributed by atoms with Gasteiger partial charge in [0.05, 0.1) is 12.7 Å². The molecule has 0 atom stereocenters. The molecule has 0 unspecified atom stereocenters. The largest absolute Gasteiger partial charge is 0.395 e. The first-order valence-corrected chi connectivity index (χ1v) is 12.7. The van der Waals surface area contributed by atoms with Crippen LogP contribution in [0.15, 0.2) is 53.6 Å². The van der Waals surface area contributed by atoms with E-state index >= 15 is 0 Å². The number of rotatable bonds is 7. The molecule has 0 saturated carbocycles. The number of aliphatic hydroxyl groups is 1. The summed E-state index contributed by atoms with van der Waals surface area (Å²) in [6, 6.07) is 11.3. The first kappa shape index (κ1) is 24.8. The van der Waals surface area contributed by atoms with E-state index in [4.69, 9.17) is 5.11 Å². The molecule has 1 aromatic carbocycles. The van der Waals surface area contributed by atoms with Crippen molar-refractivity contribution in [1.29, 1.82) is 5.26 Å². The molecule has 0 spiro atoms. The van der Waals surface area contributed by atoms with Crippen LogP contribution in [0.25, 0.3) is 5.57 Å². The predicted molar refractivity (Wildman–Crippen MR) is 138 cm³/mol. The van der Waals surface area contributed by atoms with Gasteiger partial charge in [-0.15, -0.1) is 0 Å². The van der Waals surface area contributed by atoms with Gasteiger partial charge in [-0.3, -0.25) is 14.7 Å². The Morgan fingerprint density at radius 1 is 0.853 bits per heavy atom. The Bertz CT molecular complexity index is 935. The van der Waals surface area contributed by atoms with Crippen LogP contribution in [0.5, 0.6) is 0 Å². The summed E-state index contributed by atoms with van der Waals surface area (Å²) in [6.07, 6.45) is 8.42. The zero-order chi connectivity index (χ0) is 23.8. The van der Waals surface area contributed by atoms with Crippen LogP contribution in [-0.4, -0.2) is 104 Å². The number of β-amino-alcohol motifs (C(OH)–C–C–N with tert-alkyl or cyclic N) is 1. The van der Waals surface area contributed by atoms with Crippen molar-refractivity contribution < 1.29 is 5.11 Å². The number of benzene rings is 1. The summed E-state index contributed by atoms with van der Waals surface area (Å²) in [6.45, 7) is 11.5. The van der Waals surface area contributed by atoms with Gasteiger partial charge in [-0.25, -0.2) is 0 Å². The molecule has 0 bridgehead atoms. The van der Waals surface area contributed by atoms with Crippen molar-refractivity contribution in [3.05, 3.63) is 64.8 Å². The van der Waals surface area contributed by atoms with Gasteiger partial charge in [0, 0.05) is 70.9 Å². The second-order valence-corrected chi connectivity index (χ2v) is 9.86. The van der Waals surface area contributed by atoms with Crippen LogP contribution in [-0.2, 0) is 6.54 Å². The summed E-state index contributed by atoms with van der Waals surface area (Å²) in [5.41, 5.74) is 5.81. The van der Waals surface area contributed by atoms with E-state index in [9.17, 15) is 5.26 Å². The van der Waals surface area contributed by atoms with E-state index in [1.165, 1.54) is 28.7 Å². The number of likely N-dealkylation sites (N-methyl/N-ethyl adjacent to an activating group) is 1. The van der Waals surface area contributed by atoms with Crippen molar-refractivity contribution in [1.82, 2.24) is 19.6 Å². The highest BCUT2D eigenvalue weighted by molar-refractivity contribution is 5.71. The quantitative estimate of drug-likeness (QED) is 0.674. The fourth-order valence-electron chi connectivity index (χ4n) is 5.07. The third kappa shape index (κ3) is 7.11. The highest BCUT2D eigenvalue weighted by Crippen LogP contribution is 2.27. The van der Waals surface area contributed by atoms with Crippen molar-refractivity contribution in [3.8, 4) is 6.07 Å². The average Bonchev–Trinajstić information content (AvgIpc) is 3.19. The first-order chi connectivity index (χ1) is 16.6. The normalized spacial score (nSPS) is 21.7. The molecule has 6 heteroatoms. The molecule has 182 valence electrons. The number of piperazine rings is 1. The maximum absolute atomic E-state index is 9.75. The summed E-state index contributed by atoms with van der Waals surface area (Å²) in [4.78, 5) is 9.72. The Kier molecular flexibility index (Phi) is 9.09. The number of allylic oxidation sites excluding steroid dienone is 4. The van der Waals surface area contributed by atoms with Crippen LogP contribution in [0.2, 0.25) is 0 Å². The second-order valence-electron chi connectivity index (χ2n) is 9.86. The molecule has 2 aliphatic heterocycles. The molecule has 0 amide bonds. The van der Waals surface area contributed by atoms with Gasteiger partial charge in [0.2, 0.25) is 0 Å². The lowest BCUT2D eigenvalue weighted by Crippen LogP contribution is -2.46. The number of aliphatic hydroxyl groups excluding tert-OH is 1. The Balaban J connectivity index is 1.38. The first-order valence-electron chi connectivity index (χ1n) is 12.7. The van der Waals surface area contributed by atoms with Gasteiger partial charge < -0.3 is 10.0 Å². The maximum atomic E-state index is 9.75. The summed E-state index contributed by atoms with van der Waals surface area (Å²) in [7, 11) is 2.20. The maximum Gasteiger partial charge on any atom is 0.0950 e. The van der Waals surface area contributed by atoms with E-state index in [0.29, 0.717) is 6.42 Å². The number of hydrogen-bond donors (Lipinski definition) is 1. The van der Waals surface area contributed by atoms with Crippen LogP contribution < -0.4 is 0 Å². The molecule has 4 rings (SSSR count). The van der Waals surface area contributed by atoms with Crippen LogP contribution in [0.1, 0.15) is 24.0 Å². The summed E-state index contributed by atoms with van der Waals surface area (Å²) < 4.78 is 0. The van der Waals surface area contributed by atoms with Gasteiger partial charge in [-0.1, -0.05) is 36.4 Å². The molecule has 2 heterocycles. The van der Waals surface area contributed by atoms with Crippen molar-refractivity contribution in [2.75, 3.05) is 79.1 Å². The van der Waals surface area contributed by atoms with E-state index < -0.39 is 0 Å². The zero-order valence-corrected chi connectivity index (χ0v) is 20.6. The van der Waals surface area contributed by atoms with Crippen LogP contribution in [0.4, 0.5) is 0 Å². The Labute approximate surface area is 205 Å². The van der Waals surface area contributed by atoms with Gasteiger partial charge in [-0.05, 0) is 54.9 Å². The average molecular weight is 462 g/mol. The van der Waals surface area contributed by atoms with Crippen molar-refractivity contribution in [2.24, 2.45) is 0 Å². The van der Waals surface area contributed by atoms with Crippen molar-refractivity contribution >= 4 is 5.57 Å². The third-order valence-electron chi connectivity index (χ3n) is 7.21. The van der Waals surface area contributed by atoms with Crippen LogP contribution in [0, 0.1) is 11.3 Å². The van der Waals surface area contributed by atoms with Gasteiger partial charge in [0.15, 0.2) is 0 Å². The highest BCUT2D eigenvalue weighted by Gasteiger charge is 2.17. The van der Waals surface area contributed by atoms with E-state index in [0.717, 1.165) is 77.6 Å². The standard InChI is InChI=1S/C28H39N5O/c1-30-9-2-10-32(12-11-30)23-25-5-8-28(20-26(19-25)21-29)27-6-3-24(4-7-27)22-33-15-13-31(14-16-33)17-18-34/h3-8,19,34H,2,9-18,20,22-23H2,1H3. The van der Waals surface area contributed by atoms with Crippen molar-refractivity contribution in [3.63, 3.8) is 0 Å². The molecule has 0 aromatic heterocycles. The van der Waals surface area contributed by atoms with Gasteiger partial charge >= 0.3 is 0 Å². The molecule has 1 aliphatic carbocycles. The fourth-order valence-corrected chi connectivity index (χ4v) is 5.07. The molecular formula is C28H39N5O. The zero-order valence-electron chi connectivity index (χ0n) is 20.6. The third-order valence-corrected chi connectivity index (χ3v) is 7.21. The molecule has 6 nitrogen and oxygen atoms in total. The molecule has 2 saturated heterocycles. The van der Waals surface area contributed by atoms with Crippen LogP contribution in [0.3, 0.4) is 0 Å². The lowest BCUT2D eigenvalue weighted by Gasteiger charge is -2.34. The van der Waals surface area contributed by atoms with E-state index in [1.807, 2.05) is 0 Å². The molecule has 34 heavy (non-hydrogen) atoms. The van der Waals surface area contributed by atoms with E-state index in [-0.39, 0.29) is 6.61 Å². The lowest BCUT2D eigenvalue weighted by atomic mass is 9.98. The minimum atomic E-state index is 0.243. The minimum Gasteiger partial charge on any atom is -0.395 e. The molecular weight excluding hydrogens is 422 g/mol. The summed E-state index contributed by atoms with van der Waals surface area (Å²) >= 11 is 0. The molecule has 3 aliphatic rings.